The minimum Gasteiger partial charge on any atom is -0.453 e. The molecule has 6 atom stereocenters. The van der Waals surface area contributed by atoms with Gasteiger partial charge in [-0.3, -0.25) is 0 Å². The van der Waals surface area contributed by atoms with Gasteiger partial charge in [0.15, 0.2) is 39.4 Å². The highest BCUT2D eigenvalue weighted by atomic mass is 28.4. The summed E-state index contributed by atoms with van der Waals surface area (Å²) in [5.74, 6) is -0.469. The van der Waals surface area contributed by atoms with Gasteiger partial charge in [0.05, 0.1) is 31.0 Å². The number of epoxide rings is 1. The van der Waals surface area contributed by atoms with Gasteiger partial charge in [0.2, 0.25) is 0 Å². The molecule has 260 valence electrons. The van der Waals surface area contributed by atoms with E-state index in [2.05, 4.69) is 114 Å². The number of ether oxygens (including phenoxy) is 2. The Bertz CT molecular complexity index is 1080. The molecule has 1 aliphatic heterocycles. The lowest BCUT2D eigenvalue weighted by Gasteiger charge is -2.45. The summed E-state index contributed by atoms with van der Waals surface area (Å²) in [6, 6.07) is 9.19. The minimum absolute atomic E-state index is 0.0280. The van der Waals surface area contributed by atoms with Gasteiger partial charge in [-0.15, -0.1) is 0 Å². The zero-order chi connectivity index (χ0) is 34.8. The average Bonchev–Trinajstić information content (AvgIpc) is 3.65. The molecule has 0 saturated carbocycles. The van der Waals surface area contributed by atoms with Crippen LogP contribution < -0.4 is 0 Å². The monoisotopic (exact) mass is 698 g/mol. The van der Waals surface area contributed by atoms with Crippen LogP contribution in [0, 0.1) is 5.92 Å². The molecule has 1 aliphatic rings. The first-order valence-corrected chi connectivity index (χ1v) is 29.3. The molecular formula is C34H66O7Si4. The van der Waals surface area contributed by atoms with Crippen LogP contribution in [0.2, 0.25) is 75.5 Å². The van der Waals surface area contributed by atoms with Gasteiger partial charge in [0, 0.05) is 5.92 Å². The molecule has 1 aromatic carbocycles. The van der Waals surface area contributed by atoms with Crippen LogP contribution in [0.3, 0.4) is 0 Å². The molecule has 45 heavy (non-hydrogen) atoms. The molecule has 0 N–H and O–H groups in total. The van der Waals surface area contributed by atoms with Gasteiger partial charge in [0.25, 0.3) is 0 Å². The number of hydrogen-bond acceptors (Lipinski definition) is 7. The van der Waals surface area contributed by atoms with Crippen LogP contribution in [0.5, 0.6) is 0 Å². The van der Waals surface area contributed by atoms with Gasteiger partial charge in [-0.25, -0.2) is 4.79 Å². The summed E-state index contributed by atoms with van der Waals surface area (Å²) in [5, 5.41) is 0.0592. The molecule has 0 radical (unpaired) electrons. The largest absolute Gasteiger partial charge is 0.453 e. The number of carbonyl (C=O) groups is 1. The molecule has 7 nitrogen and oxygen atoms in total. The van der Waals surface area contributed by atoms with Gasteiger partial charge < -0.3 is 27.2 Å². The molecule has 0 amide bonds. The molecule has 1 saturated heterocycles. The second kappa shape index (κ2) is 14.9. The fraction of sp³-hybridized carbons (Fsp3) is 0.794. The van der Waals surface area contributed by atoms with Gasteiger partial charge in [-0.1, -0.05) is 66.7 Å². The predicted molar refractivity (Wildman–Crippen MR) is 196 cm³/mol. The molecule has 0 aromatic heterocycles. The van der Waals surface area contributed by atoms with E-state index in [0.29, 0.717) is 18.8 Å². The summed E-state index contributed by atoms with van der Waals surface area (Å²) < 4.78 is 40.1. The van der Waals surface area contributed by atoms with E-state index in [0.717, 1.165) is 0 Å². The van der Waals surface area contributed by atoms with Crippen molar-refractivity contribution in [3.8, 4) is 0 Å². The Hall–Kier alpha value is -0.642. The lowest BCUT2D eigenvalue weighted by atomic mass is 9.92. The van der Waals surface area contributed by atoms with E-state index in [1.165, 1.54) is 0 Å². The van der Waals surface area contributed by atoms with E-state index in [4.69, 9.17) is 27.2 Å². The molecule has 1 aromatic rings. The highest BCUT2D eigenvalue weighted by Crippen LogP contribution is 2.43. The second-order valence-electron chi connectivity index (χ2n) is 17.8. The Morgan fingerprint density at radius 3 is 1.76 bits per heavy atom. The molecule has 0 aliphatic carbocycles. The van der Waals surface area contributed by atoms with Gasteiger partial charge >= 0.3 is 5.97 Å². The zero-order valence-corrected chi connectivity index (χ0v) is 35.6. The Kier molecular flexibility index (Phi) is 13.4. The fourth-order valence-corrected chi connectivity index (χ4v) is 8.71. The van der Waals surface area contributed by atoms with Crippen molar-refractivity contribution in [2.24, 2.45) is 5.92 Å². The maximum atomic E-state index is 13.8. The van der Waals surface area contributed by atoms with E-state index in [-0.39, 0.29) is 34.2 Å². The molecular weight excluding hydrogens is 633 g/mol. The first-order valence-electron chi connectivity index (χ1n) is 16.7. The lowest BCUT2D eigenvalue weighted by Crippen LogP contribution is -2.57. The number of esters is 1. The first-order chi connectivity index (χ1) is 20.2. The molecule has 2 rings (SSSR count). The topological polar surface area (TPSA) is 75.8 Å². The Labute approximate surface area is 280 Å². The zero-order valence-electron chi connectivity index (χ0n) is 31.6. The molecule has 1 heterocycles. The maximum absolute atomic E-state index is 13.8. The molecule has 0 unspecified atom stereocenters. The van der Waals surface area contributed by atoms with Crippen molar-refractivity contribution >= 4 is 39.2 Å². The third-order valence-electron chi connectivity index (χ3n) is 9.44. The van der Waals surface area contributed by atoms with Crippen molar-refractivity contribution in [3.63, 3.8) is 0 Å². The molecule has 0 spiro atoms. The van der Waals surface area contributed by atoms with Crippen molar-refractivity contribution < 1.29 is 32.0 Å². The highest BCUT2D eigenvalue weighted by molar-refractivity contribution is 6.74. The van der Waals surface area contributed by atoms with Gasteiger partial charge in [0.1, 0.15) is 12.2 Å². The third-order valence-corrected chi connectivity index (χ3v) is 20.5. The van der Waals surface area contributed by atoms with Gasteiger partial charge in [-0.2, -0.15) is 0 Å². The maximum Gasteiger partial charge on any atom is 0.338 e. The van der Waals surface area contributed by atoms with E-state index >= 15 is 0 Å². The number of hydrogen-bond donors (Lipinski definition) is 0. The summed E-state index contributed by atoms with van der Waals surface area (Å²) in [4.78, 5) is 13.8. The Morgan fingerprint density at radius 2 is 1.29 bits per heavy atom. The van der Waals surface area contributed by atoms with E-state index in [1.807, 2.05) is 18.2 Å². The summed E-state index contributed by atoms with van der Waals surface area (Å²) in [7, 11) is -8.32. The van der Waals surface area contributed by atoms with Crippen LogP contribution in [0.4, 0.5) is 0 Å². The minimum atomic E-state index is -2.35. The van der Waals surface area contributed by atoms with E-state index in [9.17, 15) is 4.79 Å². The van der Waals surface area contributed by atoms with Crippen molar-refractivity contribution in [3.05, 3.63) is 35.9 Å². The van der Waals surface area contributed by atoms with Gasteiger partial charge in [-0.05, 0) is 87.7 Å². The summed E-state index contributed by atoms with van der Waals surface area (Å²) >= 11 is 0. The number of benzene rings is 1. The van der Waals surface area contributed by atoms with Crippen LogP contribution in [-0.4, -0.2) is 83.0 Å². The van der Waals surface area contributed by atoms with E-state index < -0.39 is 51.6 Å². The lowest BCUT2D eigenvalue weighted by molar-refractivity contribution is -0.0915. The summed E-state index contributed by atoms with van der Waals surface area (Å²) in [6.45, 7) is 38.6. The van der Waals surface area contributed by atoms with Crippen molar-refractivity contribution in [2.45, 2.75) is 155 Å². The van der Waals surface area contributed by atoms with Crippen LogP contribution in [0.1, 0.15) is 58.8 Å². The fourth-order valence-electron chi connectivity index (χ4n) is 4.54. The Balaban J connectivity index is 2.57. The average molecular weight is 699 g/mol. The smallest absolute Gasteiger partial charge is 0.338 e. The number of rotatable bonds is 16. The van der Waals surface area contributed by atoms with Crippen LogP contribution in [-0.2, 0) is 27.2 Å². The summed E-state index contributed by atoms with van der Waals surface area (Å²) in [5.41, 5.74) is 0.502. The van der Waals surface area contributed by atoms with Crippen molar-refractivity contribution in [2.75, 3.05) is 13.2 Å². The number of carbonyl (C=O) groups excluding carboxylic acids is 1. The first kappa shape index (κ1) is 40.5. The Morgan fingerprint density at radius 1 is 0.756 bits per heavy atom. The normalized spacial score (nSPS) is 21.2. The standard InChI is InChI=1S/C34H66O7Si4/c1-25(29-27(38-29)23-37-44(14,15)33(2,3)4)30(41-45(16,17)34(5,6)7)31(39-32(35)26-21-19-18-20-22-26)28(40-43(11,12)13)24-36-42(8,9)10/h18-22,25,27-31H,23-24H2,1-17H3/t25-,27+,28+,29-,30+,31+/m0/s1. The predicted octanol–water partition coefficient (Wildman–Crippen LogP) is 9.10. The molecule has 0 bridgehead atoms. The van der Waals surface area contributed by atoms with Crippen molar-refractivity contribution in [1.82, 2.24) is 0 Å². The van der Waals surface area contributed by atoms with Crippen LogP contribution in [0.15, 0.2) is 30.3 Å². The molecule has 11 heteroatoms. The highest BCUT2D eigenvalue weighted by Gasteiger charge is 2.54. The van der Waals surface area contributed by atoms with E-state index in [1.54, 1.807) is 12.1 Å². The van der Waals surface area contributed by atoms with Crippen LogP contribution in [0.25, 0.3) is 0 Å². The quantitative estimate of drug-likeness (QED) is 0.0969. The second-order valence-corrected chi connectivity index (χ2v) is 36.4. The SMILES string of the molecule is C[C@H]([C@@H](O[Si](C)(C)C(C)(C)C)[C@H](OC(=O)c1ccccc1)[C@@H](CO[Si](C)(C)C)O[Si](C)(C)C)[C@@H]1O[C@@H]1CO[Si](C)(C)C(C)(C)C. The van der Waals surface area contributed by atoms with Crippen molar-refractivity contribution in [1.29, 1.82) is 0 Å². The summed E-state index contributed by atoms with van der Waals surface area (Å²) in [6.07, 6.45) is -1.76. The molecule has 1 fully saturated rings. The third kappa shape index (κ3) is 12.4. The van der Waals surface area contributed by atoms with Crippen LogP contribution >= 0.6 is 0 Å².